The lowest BCUT2D eigenvalue weighted by molar-refractivity contribution is 0.655. The smallest absolute Gasteiger partial charge is 0.250 e. The van der Waals surface area contributed by atoms with Gasteiger partial charge in [-0.15, -0.1) is 0 Å². The van der Waals surface area contributed by atoms with Crippen molar-refractivity contribution >= 4 is 5.69 Å². The second kappa shape index (κ2) is 6.66. The predicted molar refractivity (Wildman–Crippen MR) is 87.9 cm³/mol. The highest BCUT2D eigenvalue weighted by Crippen LogP contribution is 2.16. The fourth-order valence-corrected chi connectivity index (χ4v) is 2.79. The van der Waals surface area contributed by atoms with Gasteiger partial charge in [0.2, 0.25) is 0 Å². The van der Waals surface area contributed by atoms with Crippen molar-refractivity contribution in [1.29, 1.82) is 0 Å². The van der Waals surface area contributed by atoms with Crippen LogP contribution in [0.4, 0.5) is 5.69 Å². The van der Waals surface area contributed by atoms with E-state index in [4.69, 9.17) is 0 Å². The molecule has 0 unspecified atom stereocenters. The van der Waals surface area contributed by atoms with Crippen molar-refractivity contribution in [2.45, 2.75) is 53.8 Å². The number of hydrogen-bond acceptors (Lipinski definition) is 2. The van der Waals surface area contributed by atoms with E-state index in [1.165, 1.54) is 17.0 Å². The average Bonchev–Trinajstić information content (AvgIpc) is 2.74. The molecule has 2 aromatic rings. The van der Waals surface area contributed by atoms with E-state index in [1.54, 1.807) is 10.6 Å². The topological polar surface area (TPSA) is 39.0 Å². The number of aryl methyl sites for hydroxylation is 2. The van der Waals surface area contributed by atoms with E-state index >= 15 is 0 Å². The normalized spacial score (nSPS) is 10.9. The number of rotatable bonds is 6. The predicted octanol–water partition coefficient (Wildman–Crippen LogP) is 3.31. The minimum atomic E-state index is 0.0616. The summed E-state index contributed by atoms with van der Waals surface area (Å²) in [6.07, 6.45) is 2.87. The first kappa shape index (κ1) is 15.4. The van der Waals surface area contributed by atoms with Crippen LogP contribution in [0.5, 0.6) is 0 Å². The molecule has 4 nitrogen and oxygen atoms in total. The van der Waals surface area contributed by atoms with Crippen molar-refractivity contribution in [1.82, 2.24) is 9.13 Å². The van der Waals surface area contributed by atoms with E-state index in [9.17, 15) is 4.79 Å². The summed E-state index contributed by atoms with van der Waals surface area (Å²) in [5.41, 5.74) is 4.96. The Kier molecular flexibility index (Phi) is 4.89. The standard InChI is InChI=1S/C17H25N3O/c1-5-9-19-12-16(7-8-17(19)21)18-11-15-10-13(3)20(6-2)14(15)4/h7-8,10,12,18H,5-6,9,11H2,1-4H3. The molecule has 2 heterocycles. The third kappa shape index (κ3) is 3.38. The summed E-state index contributed by atoms with van der Waals surface area (Å²) in [5.74, 6) is 0. The minimum absolute atomic E-state index is 0.0616. The molecule has 0 spiro atoms. The summed E-state index contributed by atoms with van der Waals surface area (Å²) < 4.78 is 4.08. The van der Waals surface area contributed by atoms with E-state index in [0.717, 1.165) is 31.7 Å². The molecule has 1 N–H and O–H groups in total. The Hall–Kier alpha value is -1.97. The van der Waals surface area contributed by atoms with Gasteiger partial charge in [-0.2, -0.15) is 0 Å². The Balaban J connectivity index is 2.13. The minimum Gasteiger partial charge on any atom is -0.380 e. The zero-order chi connectivity index (χ0) is 15.4. The molecular formula is C17H25N3O. The van der Waals surface area contributed by atoms with Crippen molar-refractivity contribution in [3.63, 3.8) is 0 Å². The molecule has 0 aromatic carbocycles. The molecule has 2 aromatic heterocycles. The van der Waals surface area contributed by atoms with E-state index in [2.05, 4.69) is 43.6 Å². The van der Waals surface area contributed by atoms with Crippen molar-refractivity contribution in [3.8, 4) is 0 Å². The number of hydrogen-bond donors (Lipinski definition) is 1. The molecule has 0 fully saturated rings. The first-order valence-electron chi connectivity index (χ1n) is 7.66. The van der Waals surface area contributed by atoms with Crippen LogP contribution in [0.2, 0.25) is 0 Å². The summed E-state index contributed by atoms with van der Waals surface area (Å²) in [6, 6.07) is 5.72. The van der Waals surface area contributed by atoms with Crippen LogP contribution in [0.1, 0.15) is 37.2 Å². The first-order valence-corrected chi connectivity index (χ1v) is 7.66. The van der Waals surface area contributed by atoms with Crippen LogP contribution in [0, 0.1) is 13.8 Å². The molecule has 0 bridgehead atoms. The van der Waals surface area contributed by atoms with Gasteiger partial charge >= 0.3 is 0 Å². The summed E-state index contributed by atoms with van der Waals surface area (Å²) in [4.78, 5) is 11.7. The molecule has 114 valence electrons. The molecule has 2 rings (SSSR count). The van der Waals surface area contributed by atoms with Crippen molar-refractivity contribution < 1.29 is 0 Å². The van der Waals surface area contributed by atoms with Gasteiger partial charge in [0.25, 0.3) is 5.56 Å². The highest BCUT2D eigenvalue weighted by atomic mass is 16.1. The maximum atomic E-state index is 11.7. The molecule has 0 amide bonds. The Labute approximate surface area is 126 Å². The van der Waals surface area contributed by atoms with Crippen LogP contribution in [0.25, 0.3) is 0 Å². The highest BCUT2D eigenvalue weighted by Gasteiger charge is 2.07. The quantitative estimate of drug-likeness (QED) is 0.885. The maximum Gasteiger partial charge on any atom is 0.250 e. The van der Waals surface area contributed by atoms with Gasteiger partial charge in [-0.25, -0.2) is 0 Å². The fourth-order valence-electron chi connectivity index (χ4n) is 2.79. The number of pyridine rings is 1. The Morgan fingerprint density at radius 3 is 2.57 bits per heavy atom. The summed E-state index contributed by atoms with van der Waals surface area (Å²) >= 11 is 0. The molecule has 0 atom stereocenters. The average molecular weight is 287 g/mol. The van der Waals surface area contributed by atoms with Crippen LogP contribution in [0.3, 0.4) is 0 Å². The third-order valence-corrected chi connectivity index (χ3v) is 3.93. The second-order valence-electron chi connectivity index (χ2n) is 5.44. The molecule has 0 aliphatic rings. The molecule has 0 aliphatic heterocycles. The fraction of sp³-hybridized carbons (Fsp3) is 0.471. The van der Waals surface area contributed by atoms with E-state index in [1.807, 2.05) is 12.3 Å². The molecular weight excluding hydrogens is 262 g/mol. The van der Waals surface area contributed by atoms with Gasteiger partial charge in [-0.1, -0.05) is 6.92 Å². The van der Waals surface area contributed by atoms with Crippen LogP contribution < -0.4 is 10.9 Å². The summed E-state index contributed by atoms with van der Waals surface area (Å²) in [7, 11) is 0. The monoisotopic (exact) mass is 287 g/mol. The van der Waals surface area contributed by atoms with Gasteiger partial charge < -0.3 is 14.5 Å². The largest absolute Gasteiger partial charge is 0.380 e. The number of aromatic nitrogens is 2. The van der Waals surface area contributed by atoms with Gasteiger partial charge in [-0.05, 0) is 44.9 Å². The highest BCUT2D eigenvalue weighted by molar-refractivity contribution is 5.42. The van der Waals surface area contributed by atoms with Crippen LogP contribution >= 0.6 is 0 Å². The SMILES string of the molecule is CCCn1cc(NCc2cc(C)n(CC)c2C)ccc1=O. The van der Waals surface area contributed by atoms with Crippen molar-refractivity contribution in [2.24, 2.45) is 0 Å². The Morgan fingerprint density at radius 1 is 1.19 bits per heavy atom. The zero-order valence-corrected chi connectivity index (χ0v) is 13.4. The molecule has 0 saturated carbocycles. The van der Waals surface area contributed by atoms with Gasteiger partial charge in [0, 0.05) is 43.3 Å². The molecule has 4 heteroatoms. The van der Waals surface area contributed by atoms with Gasteiger partial charge in [0.05, 0.1) is 5.69 Å². The number of nitrogens with one attached hydrogen (secondary N) is 1. The van der Waals surface area contributed by atoms with Crippen LogP contribution in [-0.2, 0) is 19.6 Å². The Morgan fingerprint density at radius 2 is 1.95 bits per heavy atom. The van der Waals surface area contributed by atoms with Gasteiger partial charge in [0.1, 0.15) is 0 Å². The number of anilines is 1. The third-order valence-electron chi connectivity index (χ3n) is 3.93. The van der Waals surface area contributed by atoms with E-state index in [-0.39, 0.29) is 5.56 Å². The van der Waals surface area contributed by atoms with E-state index in [0.29, 0.717) is 0 Å². The zero-order valence-electron chi connectivity index (χ0n) is 13.4. The van der Waals surface area contributed by atoms with Crippen LogP contribution in [-0.4, -0.2) is 9.13 Å². The second-order valence-corrected chi connectivity index (χ2v) is 5.44. The van der Waals surface area contributed by atoms with Crippen LogP contribution in [0.15, 0.2) is 29.2 Å². The molecule has 21 heavy (non-hydrogen) atoms. The molecule has 0 aliphatic carbocycles. The maximum absolute atomic E-state index is 11.7. The lowest BCUT2D eigenvalue weighted by Gasteiger charge is -2.10. The summed E-state index contributed by atoms with van der Waals surface area (Å²) in [5, 5.41) is 3.42. The number of nitrogens with zero attached hydrogens (tertiary/aromatic N) is 2. The molecule has 0 saturated heterocycles. The first-order chi connectivity index (χ1) is 10.1. The summed E-state index contributed by atoms with van der Waals surface area (Å²) in [6.45, 7) is 11.1. The lowest BCUT2D eigenvalue weighted by atomic mass is 10.2. The van der Waals surface area contributed by atoms with Gasteiger partial charge in [0.15, 0.2) is 0 Å². The van der Waals surface area contributed by atoms with Crippen molar-refractivity contribution in [2.75, 3.05) is 5.32 Å². The van der Waals surface area contributed by atoms with Gasteiger partial charge in [-0.3, -0.25) is 4.79 Å². The van der Waals surface area contributed by atoms with E-state index < -0.39 is 0 Å². The molecule has 0 radical (unpaired) electrons. The lowest BCUT2D eigenvalue weighted by Crippen LogP contribution is -2.18. The van der Waals surface area contributed by atoms with Crippen molar-refractivity contribution in [3.05, 3.63) is 51.7 Å². The Bertz CT molecular complexity index is 667.